The van der Waals surface area contributed by atoms with Crippen LogP contribution in [0.15, 0.2) is 84.0 Å². The van der Waals surface area contributed by atoms with Crippen molar-refractivity contribution in [1.29, 1.82) is 5.41 Å². The van der Waals surface area contributed by atoms with Crippen LogP contribution in [0.1, 0.15) is 18.1 Å². The van der Waals surface area contributed by atoms with Crippen molar-refractivity contribution in [2.24, 2.45) is 4.99 Å². The highest BCUT2D eigenvalue weighted by atomic mass is 16.5. The fourth-order valence-corrected chi connectivity index (χ4v) is 2.40. The molecule has 2 rings (SSSR count). The summed E-state index contributed by atoms with van der Waals surface area (Å²) in [5, 5.41) is 8.13. The minimum atomic E-state index is 0.0651. The lowest BCUT2D eigenvalue weighted by molar-refractivity contribution is 0.352. The molecule has 0 unspecified atom stereocenters. The number of hydrogen-bond acceptors (Lipinski definition) is 6. The smallest absolute Gasteiger partial charge is 0.227 e. The molecule has 2 aromatic rings. The Balaban J connectivity index is 1.91. The van der Waals surface area contributed by atoms with E-state index >= 15 is 0 Å². The average molecular weight is 390 g/mol. The normalized spacial score (nSPS) is 12.1. The first-order valence-electron chi connectivity index (χ1n) is 9.13. The summed E-state index contributed by atoms with van der Waals surface area (Å²) in [5.74, 6) is 1.41. The van der Waals surface area contributed by atoms with E-state index in [0.29, 0.717) is 24.4 Å². The maximum Gasteiger partial charge on any atom is 0.227 e. The number of ether oxygens (including phenoxy) is 2. The first kappa shape index (κ1) is 21.6. The molecule has 0 radical (unpaired) electrons. The third-order valence-electron chi connectivity index (χ3n) is 3.87. The highest BCUT2D eigenvalue weighted by molar-refractivity contribution is 6.04. The van der Waals surface area contributed by atoms with Crippen LogP contribution in [0, 0.1) is 5.41 Å². The zero-order valence-corrected chi connectivity index (χ0v) is 16.8. The fourth-order valence-electron chi connectivity index (χ4n) is 2.40. The Kier molecular flexibility index (Phi) is 8.38. The SMILES string of the molecule is C=C/C=C\C=C(/C)COc1ccc(CC(=N)OC(=NC)c2cccnc2N)cc1. The van der Waals surface area contributed by atoms with Gasteiger partial charge in [-0.05, 0) is 42.3 Å². The number of pyridine rings is 1. The monoisotopic (exact) mass is 390 g/mol. The van der Waals surface area contributed by atoms with Crippen molar-refractivity contribution in [1.82, 2.24) is 4.98 Å². The molecule has 1 heterocycles. The lowest BCUT2D eigenvalue weighted by atomic mass is 10.1. The van der Waals surface area contributed by atoms with E-state index in [-0.39, 0.29) is 11.8 Å². The van der Waals surface area contributed by atoms with Gasteiger partial charge in [0.1, 0.15) is 18.2 Å². The van der Waals surface area contributed by atoms with E-state index in [1.165, 1.54) is 0 Å². The van der Waals surface area contributed by atoms with E-state index in [2.05, 4.69) is 16.6 Å². The summed E-state index contributed by atoms with van der Waals surface area (Å²) in [6, 6.07) is 11.1. The number of nitrogens with two attached hydrogens (primary N) is 1. The number of benzene rings is 1. The molecule has 3 N–H and O–H groups in total. The number of allylic oxidation sites excluding steroid dienone is 4. The van der Waals surface area contributed by atoms with Crippen molar-refractivity contribution >= 4 is 17.6 Å². The van der Waals surface area contributed by atoms with Gasteiger partial charge in [0.05, 0.1) is 5.56 Å². The summed E-state index contributed by atoms with van der Waals surface area (Å²) < 4.78 is 11.3. The van der Waals surface area contributed by atoms with Gasteiger partial charge in [-0.1, -0.05) is 43.0 Å². The number of rotatable bonds is 8. The Bertz CT molecular complexity index is 928. The quantitative estimate of drug-likeness (QED) is 0.398. The third kappa shape index (κ3) is 7.10. The van der Waals surface area contributed by atoms with Crippen molar-refractivity contribution in [3.05, 3.63) is 90.2 Å². The summed E-state index contributed by atoms with van der Waals surface area (Å²) in [4.78, 5) is 8.10. The van der Waals surface area contributed by atoms with Gasteiger partial charge in [-0.25, -0.2) is 4.98 Å². The Morgan fingerprint density at radius 3 is 2.66 bits per heavy atom. The molecule has 0 atom stereocenters. The third-order valence-corrected chi connectivity index (χ3v) is 3.87. The highest BCUT2D eigenvalue weighted by Crippen LogP contribution is 2.15. The second-order valence-corrected chi connectivity index (χ2v) is 6.23. The fraction of sp³-hybridized carbons (Fsp3) is 0.174. The average Bonchev–Trinajstić information content (AvgIpc) is 2.72. The number of nitrogen functional groups attached to an aromatic ring is 1. The molecule has 0 saturated heterocycles. The standard InChI is InChI=1S/C23H26N4O2/c1-4-5-6-8-17(2)16-28-19-12-10-18(11-13-19)15-21(24)29-23(26-3)20-9-7-14-27-22(20)25/h4-14,24H,1,15-16H2,2-3H3,(H2,25,27)/b6-5-,17-8+,24-21?,26-23?. The van der Waals surface area contributed by atoms with Crippen LogP contribution in [-0.4, -0.2) is 30.4 Å². The van der Waals surface area contributed by atoms with Crippen LogP contribution < -0.4 is 10.5 Å². The number of aliphatic imine (C=N–C) groups is 1. The molecule has 0 aliphatic heterocycles. The first-order valence-corrected chi connectivity index (χ1v) is 9.13. The highest BCUT2D eigenvalue weighted by Gasteiger charge is 2.12. The van der Waals surface area contributed by atoms with Gasteiger partial charge in [0.15, 0.2) is 5.90 Å². The predicted octanol–water partition coefficient (Wildman–Crippen LogP) is 4.34. The Morgan fingerprint density at radius 2 is 2.00 bits per heavy atom. The molecular weight excluding hydrogens is 364 g/mol. The summed E-state index contributed by atoms with van der Waals surface area (Å²) in [6.45, 7) is 6.14. The van der Waals surface area contributed by atoms with Crippen LogP contribution in [0.2, 0.25) is 0 Å². The molecule has 0 bridgehead atoms. The van der Waals surface area contributed by atoms with Gasteiger partial charge >= 0.3 is 0 Å². The molecule has 0 saturated carbocycles. The molecule has 29 heavy (non-hydrogen) atoms. The second kappa shape index (κ2) is 11.2. The topological polar surface area (TPSA) is 93.6 Å². The summed E-state index contributed by atoms with van der Waals surface area (Å²) in [5.41, 5.74) is 8.45. The Morgan fingerprint density at radius 1 is 1.24 bits per heavy atom. The summed E-state index contributed by atoms with van der Waals surface area (Å²) in [7, 11) is 1.59. The van der Waals surface area contributed by atoms with Gasteiger partial charge in [-0.3, -0.25) is 10.4 Å². The van der Waals surface area contributed by atoms with E-state index in [0.717, 1.165) is 16.9 Å². The molecule has 6 heteroatoms. The van der Waals surface area contributed by atoms with E-state index in [9.17, 15) is 0 Å². The number of nitrogens with zero attached hydrogens (tertiary/aromatic N) is 2. The second-order valence-electron chi connectivity index (χ2n) is 6.23. The minimum absolute atomic E-state index is 0.0651. The summed E-state index contributed by atoms with van der Waals surface area (Å²) >= 11 is 0. The van der Waals surface area contributed by atoms with Crippen molar-refractivity contribution in [2.45, 2.75) is 13.3 Å². The first-order chi connectivity index (χ1) is 14.0. The van der Waals surface area contributed by atoms with Crippen molar-refractivity contribution < 1.29 is 9.47 Å². The Hall–Kier alpha value is -3.67. The molecule has 0 aliphatic carbocycles. The maximum absolute atomic E-state index is 8.13. The number of nitrogens with one attached hydrogen (secondary N) is 1. The number of hydrogen-bond donors (Lipinski definition) is 2. The van der Waals surface area contributed by atoms with E-state index in [4.69, 9.17) is 20.6 Å². The molecule has 0 spiro atoms. The molecule has 0 fully saturated rings. The molecule has 150 valence electrons. The van der Waals surface area contributed by atoms with Gasteiger partial charge in [0, 0.05) is 19.7 Å². The van der Waals surface area contributed by atoms with Gasteiger partial charge in [0.25, 0.3) is 0 Å². The van der Waals surface area contributed by atoms with E-state index in [1.54, 1.807) is 31.5 Å². The molecule has 1 aromatic carbocycles. The van der Waals surface area contributed by atoms with Crippen LogP contribution >= 0.6 is 0 Å². The zero-order valence-electron chi connectivity index (χ0n) is 16.8. The van der Waals surface area contributed by atoms with Crippen LogP contribution in [0.3, 0.4) is 0 Å². The van der Waals surface area contributed by atoms with E-state index in [1.807, 2.05) is 49.4 Å². The van der Waals surface area contributed by atoms with Crippen LogP contribution in [0.5, 0.6) is 5.75 Å². The van der Waals surface area contributed by atoms with Crippen molar-refractivity contribution in [3.63, 3.8) is 0 Å². The van der Waals surface area contributed by atoms with Gasteiger partial charge in [0.2, 0.25) is 5.90 Å². The maximum atomic E-state index is 8.13. The molecule has 0 amide bonds. The zero-order chi connectivity index (χ0) is 21.1. The van der Waals surface area contributed by atoms with Crippen molar-refractivity contribution in [2.75, 3.05) is 19.4 Å². The molecular formula is C23H26N4O2. The lowest BCUT2D eigenvalue weighted by Gasteiger charge is -2.11. The van der Waals surface area contributed by atoms with E-state index < -0.39 is 0 Å². The largest absolute Gasteiger partial charge is 0.489 e. The van der Waals surface area contributed by atoms with Crippen molar-refractivity contribution in [3.8, 4) is 5.75 Å². The lowest BCUT2D eigenvalue weighted by Crippen LogP contribution is -2.17. The summed E-state index contributed by atoms with van der Waals surface area (Å²) in [6.07, 6.45) is 9.42. The number of aromatic nitrogens is 1. The number of anilines is 1. The van der Waals surface area contributed by atoms with Gasteiger partial charge < -0.3 is 15.2 Å². The minimum Gasteiger partial charge on any atom is -0.489 e. The van der Waals surface area contributed by atoms with Gasteiger partial charge in [-0.15, -0.1) is 0 Å². The molecule has 6 nitrogen and oxygen atoms in total. The van der Waals surface area contributed by atoms with Gasteiger partial charge in [-0.2, -0.15) is 0 Å². The predicted molar refractivity (Wildman–Crippen MR) is 119 cm³/mol. The van der Waals surface area contributed by atoms with Crippen LogP contribution in [0.4, 0.5) is 5.82 Å². The molecule has 1 aromatic heterocycles. The van der Waals surface area contributed by atoms with Crippen LogP contribution in [-0.2, 0) is 11.2 Å². The van der Waals surface area contributed by atoms with Crippen LogP contribution in [0.25, 0.3) is 0 Å². The Labute approximate surface area is 171 Å². The molecule has 0 aliphatic rings.